The molecule has 1 aromatic heterocycles. The van der Waals surface area contributed by atoms with Crippen molar-refractivity contribution in [1.82, 2.24) is 4.98 Å². The maximum absolute atomic E-state index is 14.3. The summed E-state index contributed by atoms with van der Waals surface area (Å²) in [6, 6.07) is 0. The maximum Gasteiger partial charge on any atom is 0.309 e. The molecule has 43 heavy (non-hydrogen) atoms. The minimum absolute atomic E-state index is 0.0331. The number of ether oxygens (including phenoxy) is 1. The molecule has 5 atom stereocenters. The van der Waals surface area contributed by atoms with Gasteiger partial charge in [-0.05, 0) is 95.5 Å². The number of nitrogens with zero attached hydrogens (tertiary/aromatic N) is 1. The van der Waals surface area contributed by atoms with Gasteiger partial charge in [-0.1, -0.05) is 33.8 Å². The summed E-state index contributed by atoms with van der Waals surface area (Å²) in [6.45, 7) is 24.4. The fourth-order valence-corrected chi connectivity index (χ4v) is 8.66. The Kier molecular flexibility index (Phi) is 13.5. The molecule has 10 heteroatoms. The lowest BCUT2D eigenvalue weighted by molar-refractivity contribution is -0.153. The van der Waals surface area contributed by atoms with Gasteiger partial charge in [0.1, 0.15) is 18.2 Å². The van der Waals surface area contributed by atoms with Gasteiger partial charge < -0.3 is 13.6 Å². The Bertz CT molecular complexity index is 1180. The molecule has 1 aliphatic rings. The van der Waals surface area contributed by atoms with Gasteiger partial charge in [-0.25, -0.2) is 4.98 Å². The third-order valence-corrected chi connectivity index (χ3v) is 10.7. The van der Waals surface area contributed by atoms with E-state index < -0.39 is 46.1 Å². The van der Waals surface area contributed by atoms with E-state index in [0.29, 0.717) is 18.4 Å². The Morgan fingerprint density at radius 1 is 1.09 bits per heavy atom. The standard InChI is InChI=1S/C33H55NO6SSi2/c1-22-14-13-15-26(20-35)16-17-28(23(2)18-27-21-41-25(4)34-27)38-30(36)19-29(39-42(7,8)9)33(5,6)32(37)24(3)31(22)40-43(10,11)12/h16,18,20-22,24,28-29,31H,13-15,17,19H2,1-12H3/b23-18+,26-16+/t22?,24-,28+,29?,31?/m1/s1. The van der Waals surface area contributed by atoms with Crippen LogP contribution in [0.1, 0.15) is 77.4 Å². The van der Waals surface area contributed by atoms with Crippen molar-refractivity contribution in [2.24, 2.45) is 17.3 Å². The average Bonchev–Trinajstić information content (AvgIpc) is 3.29. The molecule has 0 saturated heterocycles. The number of cyclic esters (lactones) is 1. The molecule has 0 saturated carbocycles. The van der Waals surface area contributed by atoms with Crippen LogP contribution in [0.25, 0.3) is 6.08 Å². The number of ketones is 1. The molecule has 0 amide bonds. The third-order valence-electron chi connectivity index (χ3n) is 7.91. The number of aldehydes is 1. The highest BCUT2D eigenvalue weighted by molar-refractivity contribution is 7.09. The van der Waals surface area contributed by atoms with Crippen LogP contribution in [0.5, 0.6) is 0 Å². The van der Waals surface area contributed by atoms with Crippen molar-refractivity contribution in [2.75, 3.05) is 0 Å². The largest absolute Gasteiger partial charge is 0.457 e. The molecule has 0 radical (unpaired) electrons. The minimum atomic E-state index is -2.16. The number of allylic oxidation sites excluding steroid dienone is 1. The second kappa shape index (κ2) is 15.5. The van der Waals surface area contributed by atoms with E-state index in [-0.39, 0.29) is 24.2 Å². The number of carbonyl (C=O) groups is 3. The highest BCUT2D eigenvalue weighted by Crippen LogP contribution is 2.37. The van der Waals surface area contributed by atoms with E-state index in [1.165, 1.54) is 0 Å². The smallest absolute Gasteiger partial charge is 0.309 e. The van der Waals surface area contributed by atoms with Crippen molar-refractivity contribution in [3.63, 3.8) is 0 Å². The zero-order valence-corrected chi connectivity index (χ0v) is 31.4. The van der Waals surface area contributed by atoms with Gasteiger partial charge in [-0.15, -0.1) is 11.3 Å². The molecule has 7 nitrogen and oxygen atoms in total. The SMILES string of the molecule is C/C(=C\c1csc(C)n1)[C@@H]1C/C=C(/C=O)CCCC(C)C(O[Si](C)(C)C)[C@@H](C)C(=O)C(C)(C)C(O[Si](C)(C)C)CC(=O)O1. The van der Waals surface area contributed by atoms with Crippen molar-refractivity contribution in [1.29, 1.82) is 0 Å². The number of Topliss-reactive ketones (excluding diaryl/α,β-unsaturated/α-hetero) is 1. The summed E-state index contributed by atoms with van der Waals surface area (Å²) in [4.78, 5) is 44.5. The zero-order valence-electron chi connectivity index (χ0n) is 28.5. The molecule has 1 aliphatic heterocycles. The molecule has 0 aliphatic carbocycles. The third kappa shape index (κ3) is 11.9. The lowest BCUT2D eigenvalue weighted by Gasteiger charge is -2.41. The molecular weight excluding hydrogens is 595 g/mol. The van der Waals surface area contributed by atoms with Crippen molar-refractivity contribution < 1.29 is 28.0 Å². The monoisotopic (exact) mass is 649 g/mol. The van der Waals surface area contributed by atoms with Gasteiger partial charge in [0.25, 0.3) is 0 Å². The first-order valence-electron chi connectivity index (χ1n) is 15.6. The predicted octanol–water partition coefficient (Wildman–Crippen LogP) is 8.16. The van der Waals surface area contributed by atoms with Crippen LogP contribution in [0.15, 0.2) is 22.6 Å². The van der Waals surface area contributed by atoms with Crippen LogP contribution in [0.3, 0.4) is 0 Å². The van der Waals surface area contributed by atoms with Crippen molar-refractivity contribution in [2.45, 2.75) is 131 Å². The van der Waals surface area contributed by atoms with Crippen LogP contribution in [0, 0.1) is 24.2 Å². The molecule has 2 rings (SSSR count). The summed E-state index contributed by atoms with van der Waals surface area (Å²) in [5, 5.41) is 2.92. The number of rotatable bonds is 7. The van der Waals surface area contributed by atoms with Gasteiger partial charge in [-0.3, -0.25) is 14.4 Å². The summed E-state index contributed by atoms with van der Waals surface area (Å²) in [7, 11) is -4.15. The van der Waals surface area contributed by atoms with Crippen LogP contribution in [0.2, 0.25) is 39.3 Å². The summed E-state index contributed by atoms with van der Waals surface area (Å²) in [5.41, 5.74) is 1.39. The van der Waals surface area contributed by atoms with E-state index in [2.05, 4.69) is 51.2 Å². The van der Waals surface area contributed by atoms with Crippen LogP contribution in [-0.4, -0.2) is 58.0 Å². The molecule has 0 aromatic carbocycles. The summed E-state index contributed by atoms with van der Waals surface area (Å²) >= 11 is 1.56. The quantitative estimate of drug-likeness (QED) is 0.167. The number of esters is 1. The van der Waals surface area contributed by atoms with Crippen molar-refractivity contribution in [3.05, 3.63) is 33.3 Å². The normalized spacial score (nSPS) is 28.6. The molecular formula is C33H55NO6SSi2. The van der Waals surface area contributed by atoms with E-state index >= 15 is 0 Å². The Labute approximate surface area is 266 Å². The number of hydrogen-bond donors (Lipinski definition) is 0. The van der Waals surface area contributed by atoms with E-state index in [4.69, 9.17) is 13.6 Å². The van der Waals surface area contributed by atoms with Crippen molar-refractivity contribution in [3.8, 4) is 0 Å². The van der Waals surface area contributed by atoms with Gasteiger partial charge in [0, 0.05) is 23.1 Å². The Morgan fingerprint density at radius 3 is 2.26 bits per heavy atom. The van der Waals surface area contributed by atoms with Crippen LogP contribution >= 0.6 is 11.3 Å². The Hall–Kier alpha value is -1.73. The summed E-state index contributed by atoms with van der Waals surface area (Å²) in [6.07, 6.45) is 5.80. The van der Waals surface area contributed by atoms with E-state index in [1.807, 2.05) is 52.2 Å². The number of carbonyl (C=O) groups excluding carboxylic acids is 3. The van der Waals surface area contributed by atoms with Crippen LogP contribution in [-0.2, 0) is 28.0 Å². The number of thiazole rings is 1. The van der Waals surface area contributed by atoms with E-state index in [0.717, 1.165) is 35.4 Å². The second-order valence-electron chi connectivity index (χ2n) is 14.7. The first kappa shape index (κ1) is 37.5. The summed E-state index contributed by atoms with van der Waals surface area (Å²) < 4.78 is 19.4. The van der Waals surface area contributed by atoms with Gasteiger partial charge in [-0.2, -0.15) is 0 Å². The number of hydrogen-bond acceptors (Lipinski definition) is 8. The van der Waals surface area contributed by atoms with E-state index in [1.54, 1.807) is 11.3 Å². The average molecular weight is 650 g/mol. The molecule has 2 heterocycles. The minimum Gasteiger partial charge on any atom is -0.457 e. The maximum atomic E-state index is 14.3. The highest BCUT2D eigenvalue weighted by Gasteiger charge is 2.46. The lowest BCUT2D eigenvalue weighted by atomic mass is 9.73. The second-order valence-corrected chi connectivity index (χ2v) is 24.6. The topological polar surface area (TPSA) is 91.8 Å². The molecule has 3 unspecified atom stereocenters. The number of aryl methyl sites for hydroxylation is 1. The highest BCUT2D eigenvalue weighted by atomic mass is 32.1. The van der Waals surface area contributed by atoms with Gasteiger partial charge in [0.15, 0.2) is 16.6 Å². The Morgan fingerprint density at radius 2 is 1.72 bits per heavy atom. The zero-order chi connectivity index (χ0) is 32.8. The fourth-order valence-electron chi connectivity index (χ4n) is 5.60. The van der Waals surface area contributed by atoms with Gasteiger partial charge in [0.2, 0.25) is 0 Å². The molecule has 0 N–H and O–H groups in total. The van der Waals surface area contributed by atoms with Crippen LogP contribution in [0.4, 0.5) is 0 Å². The Balaban J connectivity index is 2.58. The molecule has 0 fully saturated rings. The summed E-state index contributed by atoms with van der Waals surface area (Å²) in [5.74, 6) is -0.678. The van der Waals surface area contributed by atoms with Gasteiger partial charge in [0.05, 0.1) is 29.3 Å². The molecule has 242 valence electrons. The molecule has 0 spiro atoms. The van der Waals surface area contributed by atoms with Gasteiger partial charge >= 0.3 is 5.97 Å². The van der Waals surface area contributed by atoms with Crippen LogP contribution < -0.4 is 0 Å². The molecule has 1 aromatic rings. The predicted molar refractivity (Wildman–Crippen MR) is 181 cm³/mol. The lowest BCUT2D eigenvalue weighted by Crippen LogP contribution is -2.51. The molecule has 0 bridgehead atoms. The van der Waals surface area contributed by atoms with Crippen molar-refractivity contribution >= 4 is 52.1 Å². The first-order chi connectivity index (χ1) is 19.7. The number of aromatic nitrogens is 1. The fraction of sp³-hybridized carbons (Fsp3) is 0.697. The van der Waals surface area contributed by atoms with E-state index in [9.17, 15) is 14.4 Å². The first-order valence-corrected chi connectivity index (χ1v) is 23.3.